The van der Waals surface area contributed by atoms with E-state index in [0.717, 1.165) is 21.9 Å². The van der Waals surface area contributed by atoms with E-state index < -0.39 is 17.9 Å². The summed E-state index contributed by atoms with van der Waals surface area (Å²) in [6.07, 6.45) is 0.164. The van der Waals surface area contributed by atoms with Crippen molar-refractivity contribution < 1.29 is 19.4 Å². The molecule has 0 aliphatic carbocycles. The Morgan fingerprint density at radius 3 is 2.29 bits per heavy atom. The number of hydrogen-bond donors (Lipinski definition) is 2. The molecule has 4 aromatic carbocycles. The van der Waals surface area contributed by atoms with E-state index in [1.54, 1.807) is 30.3 Å². The smallest absolute Gasteiger partial charge is 0.326 e. The number of carbonyl (C=O) groups is 2. The van der Waals surface area contributed by atoms with E-state index in [1.165, 1.54) is 0 Å². The molecule has 0 bridgehead atoms. The molecular weight excluding hydrogens is 428 g/mol. The van der Waals surface area contributed by atoms with Crippen LogP contribution in [0, 0.1) is 11.3 Å². The van der Waals surface area contributed by atoms with E-state index in [0.29, 0.717) is 11.3 Å². The van der Waals surface area contributed by atoms with Crippen molar-refractivity contribution in [2.45, 2.75) is 19.1 Å². The number of carboxylic acid groups (broad SMARTS) is 1. The van der Waals surface area contributed by atoms with Gasteiger partial charge < -0.3 is 15.2 Å². The Hall–Kier alpha value is -4.63. The summed E-state index contributed by atoms with van der Waals surface area (Å²) in [5.41, 5.74) is 2.45. The number of rotatable bonds is 8. The minimum absolute atomic E-state index is 0.164. The summed E-state index contributed by atoms with van der Waals surface area (Å²) in [7, 11) is 0. The van der Waals surface area contributed by atoms with Gasteiger partial charge in [-0.1, -0.05) is 72.8 Å². The molecule has 34 heavy (non-hydrogen) atoms. The molecule has 4 aromatic rings. The van der Waals surface area contributed by atoms with Crippen LogP contribution in [0.15, 0.2) is 91.0 Å². The molecule has 1 atom stereocenters. The quantitative estimate of drug-likeness (QED) is 0.405. The van der Waals surface area contributed by atoms with E-state index in [2.05, 4.69) is 11.4 Å². The molecule has 0 unspecified atom stereocenters. The van der Waals surface area contributed by atoms with Crippen molar-refractivity contribution in [3.8, 4) is 11.8 Å². The topological polar surface area (TPSA) is 99.4 Å². The fourth-order valence-electron chi connectivity index (χ4n) is 3.69. The normalized spacial score (nSPS) is 11.4. The molecule has 4 rings (SSSR count). The molecule has 168 valence electrons. The Bertz CT molecular complexity index is 1360. The van der Waals surface area contributed by atoms with Crippen molar-refractivity contribution >= 4 is 22.6 Å². The predicted octanol–water partition coefficient (Wildman–Crippen LogP) is 4.72. The second-order valence-corrected chi connectivity index (χ2v) is 7.81. The van der Waals surface area contributed by atoms with Crippen LogP contribution in [0.1, 0.15) is 27.0 Å². The van der Waals surface area contributed by atoms with Crippen LogP contribution >= 0.6 is 0 Å². The summed E-state index contributed by atoms with van der Waals surface area (Å²) in [5.74, 6) is -1.26. The average Bonchev–Trinajstić information content (AvgIpc) is 2.87. The van der Waals surface area contributed by atoms with Crippen molar-refractivity contribution in [3.63, 3.8) is 0 Å². The van der Waals surface area contributed by atoms with Gasteiger partial charge in [-0.25, -0.2) is 4.79 Å². The lowest BCUT2D eigenvalue weighted by Gasteiger charge is -2.18. The molecule has 0 heterocycles. The van der Waals surface area contributed by atoms with Crippen LogP contribution in [0.3, 0.4) is 0 Å². The Kier molecular flexibility index (Phi) is 6.85. The van der Waals surface area contributed by atoms with Crippen LogP contribution in [-0.4, -0.2) is 23.0 Å². The summed E-state index contributed by atoms with van der Waals surface area (Å²) in [6, 6.07) is 28.1. The fraction of sp³-hybridized carbons (Fsp3) is 0.107. The van der Waals surface area contributed by atoms with Gasteiger partial charge >= 0.3 is 5.97 Å². The lowest BCUT2D eigenvalue weighted by atomic mass is 10.0. The standard InChI is InChI=1S/C28H22N2O4/c29-17-20-10-12-21(13-11-20)18-34-26-23-9-5-4-8-22(23)14-15-24(26)27(31)30-25(28(32)33)16-19-6-2-1-3-7-19/h1-15,25H,16,18H2,(H,30,31)(H,32,33)/t25-/m0/s1. The van der Waals surface area contributed by atoms with Gasteiger partial charge in [-0.15, -0.1) is 0 Å². The number of benzene rings is 4. The summed E-state index contributed by atoms with van der Waals surface area (Å²) < 4.78 is 6.10. The summed E-state index contributed by atoms with van der Waals surface area (Å²) in [6.45, 7) is 0.187. The number of fused-ring (bicyclic) bond motifs is 1. The number of carbonyl (C=O) groups excluding carboxylic acids is 1. The molecule has 0 saturated heterocycles. The zero-order valence-corrected chi connectivity index (χ0v) is 18.3. The molecule has 0 fully saturated rings. The van der Waals surface area contributed by atoms with Crippen LogP contribution < -0.4 is 10.1 Å². The number of nitriles is 1. The zero-order valence-electron chi connectivity index (χ0n) is 18.3. The van der Waals surface area contributed by atoms with Crippen LogP contribution in [0.4, 0.5) is 0 Å². The largest absolute Gasteiger partial charge is 0.487 e. The van der Waals surface area contributed by atoms with Crippen molar-refractivity contribution in [1.82, 2.24) is 5.32 Å². The van der Waals surface area contributed by atoms with Gasteiger partial charge in [0.15, 0.2) is 0 Å². The first kappa shape index (κ1) is 22.6. The maximum Gasteiger partial charge on any atom is 0.326 e. The van der Waals surface area contributed by atoms with Gasteiger partial charge in [-0.05, 0) is 34.7 Å². The highest BCUT2D eigenvalue weighted by molar-refractivity contribution is 6.04. The Morgan fingerprint density at radius 2 is 1.59 bits per heavy atom. The van der Waals surface area contributed by atoms with Crippen LogP contribution in [0.25, 0.3) is 10.8 Å². The average molecular weight is 450 g/mol. The number of hydrogen-bond acceptors (Lipinski definition) is 4. The zero-order chi connectivity index (χ0) is 23.9. The first-order chi connectivity index (χ1) is 16.5. The highest BCUT2D eigenvalue weighted by Gasteiger charge is 2.24. The molecule has 0 radical (unpaired) electrons. The summed E-state index contributed by atoms with van der Waals surface area (Å²) in [5, 5.41) is 23.0. The van der Waals surface area contributed by atoms with E-state index in [1.807, 2.05) is 60.7 Å². The van der Waals surface area contributed by atoms with Gasteiger partial charge in [-0.2, -0.15) is 5.26 Å². The Balaban J connectivity index is 1.62. The van der Waals surface area contributed by atoms with Gasteiger partial charge in [0, 0.05) is 11.8 Å². The molecule has 0 aromatic heterocycles. The monoisotopic (exact) mass is 450 g/mol. The summed E-state index contributed by atoms with van der Waals surface area (Å²) in [4.78, 5) is 25.1. The minimum Gasteiger partial charge on any atom is -0.487 e. The number of aliphatic carboxylic acids is 1. The van der Waals surface area contributed by atoms with Crippen LogP contribution in [0.2, 0.25) is 0 Å². The number of nitrogens with zero attached hydrogens (tertiary/aromatic N) is 1. The molecule has 6 heteroatoms. The van der Waals surface area contributed by atoms with Gasteiger partial charge in [0.05, 0.1) is 17.2 Å². The number of ether oxygens (including phenoxy) is 1. The summed E-state index contributed by atoms with van der Waals surface area (Å²) >= 11 is 0. The van der Waals surface area contributed by atoms with Crippen molar-refractivity contribution in [2.75, 3.05) is 0 Å². The molecule has 1 amide bonds. The lowest BCUT2D eigenvalue weighted by molar-refractivity contribution is -0.139. The Labute approximate surface area is 197 Å². The first-order valence-electron chi connectivity index (χ1n) is 10.8. The van der Waals surface area contributed by atoms with Crippen molar-refractivity contribution in [3.05, 3.63) is 113 Å². The highest BCUT2D eigenvalue weighted by atomic mass is 16.5. The SMILES string of the molecule is N#Cc1ccc(COc2c(C(=O)N[C@@H](Cc3ccccc3)C(=O)O)ccc3ccccc23)cc1. The molecule has 0 aliphatic rings. The predicted molar refractivity (Wildman–Crippen MR) is 128 cm³/mol. The van der Waals surface area contributed by atoms with Gasteiger partial charge in [0.2, 0.25) is 0 Å². The van der Waals surface area contributed by atoms with Crippen molar-refractivity contribution in [2.24, 2.45) is 0 Å². The Morgan fingerprint density at radius 1 is 0.882 bits per heavy atom. The second-order valence-electron chi connectivity index (χ2n) is 7.81. The number of carboxylic acids is 1. The lowest BCUT2D eigenvalue weighted by Crippen LogP contribution is -2.42. The molecule has 0 spiro atoms. The number of amides is 1. The fourth-order valence-corrected chi connectivity index (χ4v) is 3.69. The van der Waals surface area contributed by atoms with Crippen LogP contribution in [0.5, 0.6) is 5.75 Å². The minimum atomic E-state index is -1.11. The van der Waals surface area contributed by atoms with E-state index in [-0.39, 0.29) is 18.6 Å². The maximum atomic E-state index is 13.2. The van der Waals surface area contributed by atoms with Crippen LogP contribution in [-0.2, 0) is 17.8 Å². The molecular formula is C28H22N2O4. The molecule has 0 saturated carbocycles. The molecule has 0 aliphatic heterocycles. The van der Waals surface area contributed by atoms with Gasteiger partial charge in [-0.3, -0.25) is 4.79 Å². The van der Waals surface area contributed by atoms with E-state index in [9.17, 15) is 14.7 Å². The molecule has 2 N–H and O–H groups in total. The third kappa shape index (κ3) is 5.22. The first-order valence-corrected chi connectivity index (χ1v) is 10.8. The van der Waals surface area contributed by atoms with Gasteiger partial charge in [0.1, 0.15) is 18.4 Å². The maximum absolute atomic E-state index is 13.2. The second kappa shape index (κ2) is 10.3. The molecule has 6 nitrogen and oxygen atoms in total. The third-order valence-electron chi connectivity index (χ3n) is 5.48. The van der Waals surface area contributed by atoms with Crippen molar-refractivity contribution in [1.29, 1.82) is 5.26 Å². The van der Waals surface area contributed by atoms with E-state index >= 15 is 0 Å². The number of nitrogens with one attached hydrogen (secondary N) is 1. The third-order valence-corrected chi connectivity index (χ3v) is 5.48. The highest BCUT2D eigenvalue weighted by Crippen LogP contribution is 2.31. The van der Waals surface area contributed by atoms with Gasteiger partial charge in [0.25, 0.3) is 5.91 Å². The van der Waals surface area contributed by atoms with E-state index in [4.69, 9.17) is 10.00 Å².